The Kier molecular flexibility index (Phi) is 4.66. The fourth-order valence-corrected chi connectivity index (χ4v) is 1.67. The van der Waals surface area contributed by atoms with E-state index in [-0.39, 0.29) is 17.9 Å². The van der Waals surface area contributed by atoms with Gasteiger partial charge in [0.25, 0.3) is 5.78 Å². The van der Waals surface area contributed by atoms with Gasteiger partial charge in [-0.05, 0) is 31.2 Å². The van der Waals surface area contributed by atoms with Crippen molar-refractivity contribution < 1.29 is 23.5 Å². The van der Waals surface area contributed by atoms with E-state index in [2.05, 4.69) is 4.74 Å². The lowest BCUT2D eigenvalue weighted by Gasteiger charge is -2.07. The van der Waals surface area contributed by atoms with Crippen molar-refractivity contribution in [3.63, 3.8) is 0 Å². The highest BCUT2D eigenvalue weighted by Gasteiger charge is 2.21. The molecule has 0 heterocycles. The lowest BCUT2D eigenvalue weighted by molar-refractivity contribution is -0.137. The van der Waals surface area contributed by atoms with E-state index in [0.717, 1.165) is 6.07 Å². The summed E-state index contributed by atoms with van der Waals surface area (Å²) in [5.74, 6) is -2.14. The van der Waals surface area contributed by atoms with E-state index in [1.165, 1.54) is 12.1 Å². The average Bonchev–Trinajstić information content (AvgIpc) is 2.48. The summed E-state index contributed by atoms with van der Waals surface area (Å²) in [5, 5.41) is 0. The third-order valence-corrected chi connectivity index (χ3v) is 2.62. The molecular weight excluding hydrogens is 275 g/mol. The van der Waals surface area contributed by atoms with Gasteiger partial charge in [-0.1, -0.05) is 18.2 Å². The first kappa shape index (κ1) is 14.7. The van der Waals surface area contributed by atoms with E-state index in [4.69, 9.17) is 4.74 Å². The molecule has 0 aliphatic carbocycles. The number of halogens is 1. The average molecular weight is 288 g/mol. The molecule has 0 unspecified atom stereocenters. The minimum absolute atomic E-state index is 0.0569. The predicted molar refractivity (Wildman–Crippen MR) is 73.9 cm³/mol. The van der Waals surface area contributed by atoms with E-state index in [1.54, 1.807) is 31.2 Å². The summed E-state index contributed by atoms with van der Waals surface area (Å²) in [5.41, 5.74) is -0.339. The highest BCUT2D eigenvalue weighted by atomic mass is 19.1. The van der Waals surface area contributed by atoms with Crippen LogP contribution in [0.25, 0.3) is 0 Å². The molecule has 108 valence electrons. The third-order valence-electron chi connectivity index (χ3n) is 2.62. The first-order valence-electron chi connectivity index (χ1n) is 6.35. The first-order valence-corrected chi connectivity index (χ1v) is 6.35. The second-order valence-corrected chi connectivity index (χ2v) is 4.11. The zero-order valence-corrected chi connectivity index (χ0v) is 11.3. The van der Waals surface area contributed by atoms with Crippen molar-refractivity contribution in [3.05, 3.63) is 59.9 Å². The molecule has 0 fully saturated rings. The molecule has 0 N–H and O–H groups in total. The topological polar surface area (TPSA) is 52.6 Å². The molecule has 0 saturated heterocycles. The highest BCUT2D eigenvalue weighted by molar-refractivity contribution is 6.40. The van der Waals surface area contributed by atoms with Crippen LogP contribution < -0.4 is 4.74 Å². The Morgan fingerprint density at radius 3 is 2.38 bits per heavy atom. The van der Waals surface area contributed by atoms with Gasteiger partial charge in [-0.25, -0.2) is 9.18 Å². The maximum Gasteiger partial charge on any atom is 0.379 e. The number of benzene rings is 2. The maximum absolute atomic E-state index is 13.9. The largest absolute Gasteiger partial charge is 0.460 e. The number of Topliss-reactive ketones (excluding diaryl/α,β-unsaturated/α-hetero) is 1. The molecule has 0 spiro atoms. The number of ketones is 1. The normalized spacial score (nSPS) is 10.0. The monoisotopic (exact) mass is 288 g/mol. The molecule has 2 aromatic carbocycles. The van der Waals surface area contributed by atoms with Gasteiger partial charge in [0, 0.05) is 6.07 Å². The van der Waals surface area contributed by atoms with E-state index >= 15 is 0 Å². The van der Waals surface area contributed by atoms with E-state index < -0.39 is 17.6 Å². The first-order chi connectivity index (χ1) is 10.1. The Morgan fingerprint density at radius 1 is 1.05 bits per heavy atom. The molecule has 0 aliphatic rings. The molecule has 5 heteroatoms. The standard InChI is InChI=1S/C16H13FO4/c1-2-20-16(19)15(18)13-9-8-12(10-14(13)17)21-11-6-4-3-5-7-11/h3-10H,2H2,1H3. The molecule has 21 heavy (non-hydrogen) atoms. The van der Waals surface area contributed by atoms with Gasteiger partial charge in [0.15, 0.2) is 0 Å². The smallest absolute Gasteiger partial charge is 0.379 e. The number of esters is 1. The molecule has 0 bridgehead atoms. The molecule has 0 aromatic heterocycles. The molecule has 2 aromatic rings. The Hall–Kier alpha value is -2.69. The fourth-order valence-electron chi connectivity index (χ4n) is 1.67. The van der Waals surface area contributed by atoms with Crippen molar-refractivity contribution in [1.82, 2.24) is 0 Å². The number of rotatable bonds is 5. The molecule has 0 aliphatic heterocycles. The summed E-state index contributed by atoms with van der Waals surface area (Å²) in [6.45, 7) is 1.62. The van der Waals surface area contributed by atoms with E-state index in [1.807, 2.05) is 6.07 Å². The summed E-state index contributed by atoms with van der Waals surface area (Å²) >= 11 is 0. The third kappa shape index (κ3) is 3.66. The number of hydrogen-bond acceptors (Lipinski definition) is 4. The number of hydrogen-bond donors (Lipinski definition) is 0. The predicted octanol–water partition coefficient (Wildman–Crippen LogP) is 3.36. The molecule has 0 atom stereocenters. The van der Waals surface area contributed by atoms with Crippen LogP contribution in [-0.4, -0.2) is 18.4 Å². The van der Waals surface area contributed by atoms with Gasteiger partial charge < -0.3 is 9.47 Å². The van der Waals surface area contributed by atoms with Crippen LogP contribution in [-0.2, 0) is 9.53 Å². The Bertz CT molecular complexity index is 653. The maximum atomic E-state index is 13.9. The van der Waals surface area contributed by atoms with Crippen LogP contribution in [0.15, 0.2) is 48.5 Å². The van der Waals surface area contributed by atoms with Crippen molar-refractivity contribution in [2.24, 2.45) is 0 Å². The van der Waals surface area contributed by atoms with Crippen LogP contribution in [0.4, 0.5) is 4.39 Å². The number of carbonyl (C=O) groups excluding carboxylic acids is 2. The number of carbonyl (C=O) groups is 2. The second-order valence-electron chi connectivity index (χ2n) is 4.11. The van der Waals surface area contributed by atoms with Crippen molar-refractivity contribution in [1.29, 1.82) is 0 Å². The molecule has 4 nitrogen and oxygen atoms in total. The molecule has 0 saturated carbocycles. The Morgan fingerprint density at radius 2 is 1.76 bits per heavy atom. The van der Waals surface area contributed by atoms with Gasteiger partial charge in [-0.3, -0.25) is 4.79 Å². The summed E-state index contributed by atoms with van der Waals surface area (Å²) in [6, 6.07) is 12.5. The van der Waals surface area contributed by atoms with Crippen LogP contribution >= 0.6 is 0 Å². The SMILES string of the molecule is CCOC(=O)C(=O)c1ccc(Oc2ccccc2)cc1F. The Balaban J connectivity index is 2.18. The summed E-state index contributed by atoms with van der Waals surface area (Å²) in [4.78, 5) is 23.0. The van der Waals surface area contributed by atoms with Crippen LogP contribution in [0, 0.1) is 5.82 Å². The molecule has 0 amide bonds. The van der Waals surface area contributed by atoms with Crippen molar-refractivity contribution in [2.75, 3.05) is 6.61 Å². The van der Waals surface area contributed by atoms with Crippen LogP contribution in [0.3, 0.4) is 0 Å². The van der Waals surface area contributed by atoms with E-state index in [0.29, 0.717) is 5.75 Å². The Labute approximate surface area is 121 Å². The molecule has 2 rings (SSSR count). The lowest BCUT2D eigenvalue weighted by atomic mass is 10.1. The molecular formula is C16H13FO4. The number of ether oxygens (including phenoxy) is 2. The van der Waals surface area contributed by atoms with Crippen molar-refractivity contribution >= 4 is 11.8 Å². The highest BCUT2D eigenvalue weighted by Crippen LogP contribution is 2.23. The van der Waals surface area contributed by atoms with Crippen LogP contribution in [0.5, 0.6) is 11.5 Å². The summed E-state index contributed by atoms with van der Waals surface area (Å²) in [6.07, 6.45) is 0. The number of para-hydroxylation sites is 1. The van der Waals surface area contributed by atoms with E-state index in [9.17, 15) is 14.0 Å². The lowest BCUT2D eigenvalue weighted by Crippen LogP contribution is -2.18. The zero-order valence-electron chi connectivity index (χ0n) is 11.3. The van der Waals surface area contributed by atoms with Gasteiger partial charge in [0.1, 0.15) is 17.3 Å². The minimum Gasteiger partial charge on any atom is -0.460 e. The van der Waals surface area contributed by atoms with Crippen LogP contribution in [0.2, 0.25) is 0 Å². The summed E-state index contributed by atoms with van der Waals surface area (Å²) < 4.78 is 23.9. The summed E-state index contributed by atoms with van der Waals surface area (Å²) in [7, 11) is 0. The van der Waals surface area contributed by atoms with Gasteiger partial charge in [-0.2, -0.15) is 0 Å². The van der Waals surface area contributed by atoms with Gasteiger partial charge in [-0.15, -0.1) is 0 Å². The van der Waals surface area contributed by atoms with Crippen molar-refractivity contribution in [2.45, 2.75) is 6.92 Å². The zero-order chi connectivity index (χ0) is 15.2. The van der Waals surface area contributed by atoms with Gasteiger partial charge in [0.05, 0.1) is 12.2 Å². The van der Waals surface area contributed by atoms with Crippen molar-refractivity contribution in [3.8, 4) is 11.5 Å². The molecule has 0 radical (unpaired) electrons. The van der Waals surface area contributed by atoms with Crippen LogP contribution in [0.1, 0.15) is 17.3 Å². The second kappa shape index (κ2) is 6.65. The quantitative estimate of drug-likeness (QED) is 0.481. The van der Waals surface area contributed by atoms with Gasteiger partial charge in [0.2, 0.25) is 0 Å². The fraction of sp³-hybridized carbons (Fsp3) is 0.125. The van der Waals surface area contributed by atoms with Gasteiger partial charge >= 0.3 is 5.97 Å². The minimum atomic E-state index is -1.08.